The Kier molecular flexibility index (Phi) is 5.68. The molecule has 0 bridgehead atoms. The second-order valence-corrected chi connectivity index (χ2v) is 4.36. The van der Waals surface area contributed by atoms with Gasteiger partial charge in [-0.05, 0) is 24.6 Å². The molecule has 0 unspecified atom stereocenters. The highest BCUT2D eigenvalue weighted by Gasteiger charge is 2.33. The summed E-state index contributed by atoms with van der Waals surface area (Å²) in [5.41, 5.74) is -0.819. The molecule has 2 nitrogen and oxygen atoms in total. The summed E-state index contributed by atoms with van der Waals surface area (Å²) < 4.78 is 38.2. The van der Waals surface area contributed by atoms with E-state index in [1.54, 1.807) is 6.07 Å². The summed E-state index contributed by atoms with van der Waals surface area (Å²) in [4.78, 5) is 0. The van der Waals surface area contributed by atoms with E-state index in [4.69, 9.17) is 5.26 Å². The number of hydrogen-bond acceptors (Lipinski definition) is 2. The number of rotatable bonds is 6. The van der Waals surface area contributed by atoms with Gasteiger partial charge in [0.25, 0.3) is 0 Å². The first-order valence-corrected chi connectivity index (χ1v) is 6.34. The van der Waals surface area contributed by atoms with Crippen molar-refractivity contribution in [1.29, 1.82) is 5.26 Å². The molecule has 0 aliphatic carbocycles. The fourth-order valence-electron chi connectivity index (χ4n) is 1.77. The van der Waals surface area contributed by atoms with Gasteiger partial charge in [-0.2, -0.15) is 18.4 Å². The van der Waals surface area contributed by atoms with Crippen molar-refractivity contribution in [2.24, 2.45) is 0 Å². The zero-order chi connectivity index (χ0) is 14.3. The molecule has 19 heavy (non-hydrogen) atoms. The van der Waals surface area contributed by atoms with E-state index in [-0.39, 0.29) is 5.56 Å². The van der Waals surface area contributed by atoms with Crippen LogP contribution in [0.5, 0.6) is 0 Å². The number of hydrogen-bond donors (Lipinski definition) is 1. The van der Waals surface area contributed by atoms with Crippen LogP contribution in [-0.4, -0.2) is 6.54 Å². The Hall–Kier alpha value is -1.70. The number of nitriles is 1. The highest BCUT2D eigenvalue weighted by atomic mass is 19.4. The molecule has 0 radical (unpaired) electrons. The first-order valence-electron chi connectivity index (χ1n) is 6.34. The van der Waals surface area contributed by atoms with Crippen molar-refractivity contribution in [3.63, 3.8) is 0 Å². The highest BCUT2D eigenvalue weighted by molar-refractivity contribution is 5.53. The van der Waals surface area contributed by atoms with Crippen LogP contribution in [0.2, 0.25) is 0 Å². The van der Waals surface area contributed by atoms with Gasteiger partial charge >= 0.3 is 6.18 Å². The van der Waals surface area contributed by atoms with E-state index in [0.717, 1.165) is 31.7 Å². The number of unbranched alkanes of at least 4 members (excludes halogenated alkanes) is 3. The lowest BCUT2D eigenvalue weighted by molar-refractivity contribution is -0.137. The Morgan fingerprint density at radius 3 is 2.53 bits per heavy atom. The fourth-order valence-corrected chi connectivity index (χ4v) is 1.77. The van der Waals surface area contributed by atoms with Gasteiger partial charge in [0.15, 0.2) is 0 Å². The van der Waals surface area contributed by atoms with Gasteiger partial charge in [-0.1, -0.05) is 26.2 Å². The van der Waals surface area contributed by atoms with Crippen LogP contribution in [0.3, 0.4) is 0 Å². The molecule has 0 aliphatic heterocycles. The van der Waals surface area contributed by atoms with Crippen LogP contribution in [0, 0.1) is 11.3 Å². The number of alkyl halides is 3. The predicted octanol–water partition coefficient (Wildman–Crippen LogP) is 4.57. The maximum absolute atomic E-state index is 12.7. The van der Waals surface area contributed by atoms with Gasteiger partial charge in [0.1, 0.15) is 0 Å². The molecule has 1 aromatic carbocycles. The molecule has 0 saturated heterocycles. The predicted molar refractivity (Wildman–Crippen MR) is 68.8 cm³/mol. The average molecular weight is 270 g/mol. The van der Waals surface area contributed by atoms with Crippen molar-refractivity contribution < 1.29 is 13.2 Å². The van der Waals surface area contributed by atoms with Gasteiger partial charge in [-0.15, -0.1) is 0 Å². The zero-order valence-electron chi connectivity index (χ0n) is 10.8. The average Bonchev–Trinajstić information content (AvgIpc) is 2.37. The molecular weight excluding hydrogens is 253 g/mol. The molecule has 1 rings (SSSR count). The van der Waals surface area contributed by atoms with Gasteiger partial charge in [-0.25, -0.2) is 0 Å². The second kappa shape index (κ2) is 7.03. The quantitative estimate of drug-likeness (QED) is 0.768. The molecule has 104 valence electrons. The fraction of sp³-hybridized carbons (Fsp3) is 0.500. The van der Waals surface area contributed by atoms with Gasteiger partial charge in [0.2, 0.25) is 0 Å². The minimum Gasteiger partial charge on any atom is -0.385 e. The first kappa shape index (κ1) is 15.4. The minimum absolute atomic E-state index is 0.343. The zero-order valence-corrected chi connectivity index (χ0v) is 10.8. The number of benzene rings is 1. The monoisotopic (exact) mass is 270 g/mol. The summed E-state index contributed by atoms with van der Waals surface area (Å²) in [5.74, 6) is 0. The first-order chi connectivity index (χ1) is 8.99. The van der Waals surface area contributed by atoms with Gasteiger partial charge in [-0.3, -0.25) is 0 Å². The maximum atomic E-state index is 12.7. The van der Waals surface area contributed by atoms with E-state index in [1.807, 2.05) is 0 Å². The number of halogens is 3. The van der Waals surface area contributed by atoms with Crippen LogP contribution in [-0.2, 0) is 6.18 Å². The minimum atomic E-state index is -4.50. The van der Waals surface area contributed by atoms with E-state index >= 15 is 0 Å². The molecule has 0 aliphatic rings. The van der Waals surface area contributed by atoms with Gasteiger partial charge in [0, 0.05) is 12.2 Å². The number of nitrogens with one attached hydrogen (secondary N) is 1. The number of anilines is 1. The molecule has 5 heteroatoms. The second-order valence-electron chi connectivity index (χ2n) is 4.36. The Morgan fingerprint density at radius 1 is 1.21 bits per heavy atom. The Bertz CT molecular complexity index is 447. The summed E-state index contributed by atoms with van der Waals surface area (Å²) >= 11 is 0. The summed E-state index contributed by atoms with van der Waals surface area (Å²) in [6.07, 6.45) is -0.260. The van der Waals surface area contributed by atoms with Crippen molar-refractivity contribution >= 4 is 5.69 Å². The third-order valence-corrected chi connectivity index (χ3v) is 2.80. The molecular formula is C14H17F3N2. The van der Waals surface area contributed by atoms with Crippen LogP contribution in [0.4, 0.5) is 18.9 Å². The van der Waals surface area contributed by atoms with E-state index in [1.165, 1.54) is 12.1 Å². The Labute approximate surface area is 111 Å². The van der Waals surface area contributed by atoms with Crippen molar-refractivity contribution in [1.82, 2.24) is 0 Å². The third-order valence-electron chi connectivity index (χ3n) is 2.80. The molecule has 0 spiro atoms. The summed E-state index contributed by atoms with van der Waals surface area (Å²) in [5, 5.41) is 11.6. The molecule has 0 amide bonds. The lowest BCUT2D eigenvalue weighted by atomic mass is 10.1. The standard InChI is InChI=1S/C14H17F3N2/c1-2-3-4-5-8-19-12-7-6-11(10-18)13(9-12)14(15,16)17/h6-7,9,19H,2-5,8H2,1H3. The Morgan fingerprint density at radius 2 is 1.95 bits per heavy atom. The van der Waals surface area contributed by atoms with Crippen molar-refractivity contribution in [2.45, 2.75) is 38.8 Å². The van der Waals surface area contributed by atoms with Gasteiger partial charge < -0.3 is 5.32 Å². The largest absolute Gasteiger partial charge is 0.417 e. The third kappa shape index (κ3) is 4.82. The summed E-state index contributed by atoms with van der Waals surface area (Å²) in [6, 6.07) is 5.28. The highest BCUT2D eigenvalue weighted by Crippen LogP contribution is 2.33. The van der Waals surface area contributed by atoms with Crippen LogP contribution in [0.1, 0.15) is 43.7 Å². The lowest BCUT2D eigenvalue weighted by Gasteiger charge is -2.12. The van der Waals surface area contributed by atoms with Crippen LogP contribution < -0.4 is 5.32 Å². The molecule has 0 aromatic heterocycles. The summed E-state index contributed by atoms with van der Waals surface area (Å²) in [6.45, 7) is 2.74. The van der Waals surface area contributed by atoms with E-state index < -0.39 is 11.7 Å². The van der Waals surface area contributed by atoms with E-state index in [9.17, 15) is 13.2 Å². The Balaban J connectivity index is 2.69. The topological polar surface area (TPSA) is 35.8 Å². The van der Waals surface area contributed by atoms with Crippen LogP contribution >= 0.6 is 0 Å². The molecule has 0 saturated carbocycles. The molecule has 1 N–H and O–H groups in total. The molecule has 1 aromatic rings. The van der Waals surface area contributed by atoms with E-state index in [2.05, 4.69) is 12.2 Å². The van der Waals surface area contributed by atoms with E-state index in [0.29, 0.717) is 12.2 Å². The SMILES string of the molecule is CCCCCCNc1ccc(C#N)c(C(F)(F)F)c1. The van der Waals surface area contributed by atoms with Crippen molar-refractivity contribution in [3.05, 3.63) is 29.3 Å². The van der Waals surface area contributed by atoms with Crippen molar-refractivity contribution in [3.8, 4) is 6.07 Å². The molecule has 0 heterocycles. The van der Waals surface area contributed by atoms with Gasteiger partial charge in [0.05, 0.1) is 17.2 Å². The molecule has 0 fully saturated rings. The summed E-state index contributed by atoms with van der Waals surface area (Å²) in [7, 11) is 0. The van der Waals surface area contributed by atoms with Crippen LogP contribution in [0.15, 0.2) is 18.2 Å². The van der Waals surface area contributed by atoms with Crippen molar-refractivity contribution in [2.75, 3.05) is 11.9 Å². The molecule has 0 atom stereocenters. The number of nitrogens with zero attached hydrogens (tertiary/aromatic N) is 1. The normalized spacial score (nSPS) is 11.1. The lowest BCUT2D eigenvalue weighted by Crippen LogP contribution is -2.09. The van der Waals surface area contributed by atoms with Crippen LogP contribution in [0.25, 0.3) is 0 Å². The maximum Gasteiger partial charge on any atom is 0.417 e. The smallest absolute Gasteiger partial charge is 0.385 e.